The molecule has 1 aromatic carbocycles. The van der Waals surface area contributed by atoms with Gasteiger partial charge in [-0.3, -0.25) is 0 Å². The van der Waals surface area contributed by atoms with Crippen molar-refractivity contribution in [3.8, 4) is 5.75 Å². The molecule has 0 unspecified atom stereocenters. The normalized spacial score (nSPS) is 12.2. The molecule has 0 bridgehead atoms. The van der Waals surface area contributed by atoms with Gasteiger partial charge in [-0.1, -0.05) is 26.0 Å². The number of benzene rings is 1. The highest BCUT2D eigenvalue weighted by molar-refractivity contribution is 5.79. The SMILES string of the molecule is CCNC(=NCc1ccc(OC)c(C)c1)NCC(CC)(CC)CCO. The number of aliphatic hydroxyl groups is 1. The number of rotatable bonds is 10. The molecule has 0 radical (unpaired) electrons. The molecule has 0 saturated heterocycles. The zero-order valence-electron chi connectivity index (χ0n) is 16.5. The van der Waals surface area contributed by atoms with E-state index in [9.17, 15) is 5.11 Å². The standard InChI is InChI=1S/C20H35N3O2/c1-6-20(7-2,11-12-24)15-23-19(21-8-3)22-14-17-9-10-18(25-5)16(4)13-17/h9-10,13,24H,6-8,11-12,14-15H2,1-5H3,(H2,21,22,23). The molecule has 0 aliphatic heterocycles. The van der Waals surface area contributed by atoms with Crippen LogP contribution in [0, 0.1) is 12.3 Å². The highest BCUT2D eigenvalue weighted by Crippen LogP contribution is 2.29. The van der Waals surface area contributed by atoms with Crippen molar-refractivity contribution in [2.45, 2.75) is 53.5 Å². The lowest BCUT2D eigenvalue weighted by Gasteiger charge is -2.32. The van der Waals surface area contributed by atoms with Gasteiger partial charge in [-0.15, -0.1) is 0 Å². The minimum Gasteiger partial charge on any atom is -0.496 e. The van der Waals surface area contributed by atoms with E-state index in [0.29, 0.717) is 6.54 Å². The predicted octanol–water partition coefficient (Wildman–Crippen LogP) is 3.25. The first-order valence-electron chi connectivity index (χ1n) is 9.30. The largest absolute Gasteiger partial charge is 0.496 e. The van der Waals surface area contributed by atoms with Gasteiger partial charge in [0.1, 0.15) is 5.75 Å². The van der Waals surface area contributed by atoms with Crippen molar-refractivity contribution in [3.63, 3.8) is 0 Å². The number of methoxy groups -OCH3 is 1. The summed E-state index contributed by atoms with van der Waals surface area (Å²) >= 11 is 0. The first-order valence-corrected chi connectivity index (χ1v) is 9.30. The van der Waals surface area contributed by atoms with Gasteiger partial charge in [0.15, 0.2) is 5.96 Å². The van der Waals surface area contributed by atoms with Gasteiger partial charge in [0, 0.05) is 19.7 Å². The number of hydrogen-bond donors (Lipinski definition) is 3. The monoisotopic (exact) mass is 349 g/mol. The molecule has 1 rings (SSSR count). The molecule has 0 atom stereocenters. The lowest BCUT2D eigenvalue weighted by molar-refractivity contribution is 0.169. The Morgan fingerprint density at radius 1 is 1.20 bits per heavy atom. The second kappa shape index (κ2) is 11.0. The quantitative estimate of drug-likeness (QED) is 0.448. The van der Waals surface area contributed by atoms with Gasteiger partial charge in [0.05, 0.1) is 13.7 Å². The van der Waals surface area contributed by atoms with Crippen LogP contribution < -0.4 is 15.4 Å². The average molecular weight is 350 g/mol. The molecule has 0 saturated carbocycles. The molecule has 5 heteroatoms. The molecule has 0 aromatic heterocycles. The zero-order valence-corrected chi connectivity index (χ0v) is 16.5. The fourth-order valence-corrected chi connectivity index (χ4v) is 3.00. The van der Waals surface area contributed by atoms with Crippen LogP contribution in [0.5, 0.6) is 5.75 Å². The Labute approximate surface area is 152 Å². The summed E-state index contributed by atoms with van der Waals surface area (Å²) in [5.41, 5.74) is 2.39. The van der Waals surface area contributed by atoms with E-state index in [-0.39, 0.29) is 12.0 Å². The van der Waals surface area contributed by atoms with E-state index in [1.165, 1.54) is 0 Å². The number of ether oxygens (including phenoxy) is 1. The van der Waals surface area contributed by atoms with E-state index in [4.69, 9.17) is 9.73 Å². The van der Waals surface area contributed by atoms with Crippen LogP contribution in [0.25, 0.3) is 0 Å². The Balaban J connectivity index is 2.78. The molecule has 25 heavy (non-hydrogen) atoms. The number of nitrogens with zero attached hydrogens (tertiary/aromatic N) is 1. The van der Waals surface area contributed by atoms with Crippen LogP contribution in [0.4, 0.5) is 0 Å². The van der Waals surface area contributed by atoms with Crippen LogP contribution in [0.1, 0.15) is 51.2 Å². The van der Waals surface area contributed by atoms with Gasteiger partial charge in [-0.25, -0.2) is 4.99 Å². The highest BCUT2D eigenvalue weighted by atomic mass is 16.5. The zero-order chi connectivity index (χ0) is 18.7. The first-order chi connectivity index (χ1) is 12.0. The number of aliphatic imine (C=N–C) groups is 1. The van der Waals surface area contributed by atoms with Gasteiger partial charge < -0.3 is 20.5 Å². The van der Waals surface area contributed by atoms with E-state index in [1.54, 1.807) is 7.11 Å². The predicted molar refractivity (Wildman–Crippen MR) is 105 cm³/mol. The van der Waals surface area contributed by atoms with Crippen molar-refractivity contribution in [3.05, 3.63) is 29.3 Å². The Bertz CT molecular complexity index is 540. The molecule has 142 valence electrons. The molecule has 5 nitrogen and oxygen atoms in total. The highest BCUT2D eigenvalue weighted by Gasteiger charge is 2.25. The lowest BCUT2D eigenvalue weighted by Crippen LogP contribution is -2.43. The topological polar surface area (TPSA) is 65.9 Å². The van der Waals surface area contributed by atoms with Crippen molar-refractivity contribution < 1.29 is 9.84 Å². The molecule has 1 aromatic rings. The Morgan fingerprint density at radius 2 is 1.92 bits per heavy atom. The lowest BCUT2D eigenvalue weighted by atomic mass is 9.79. The second-order valence-corrected chi connectivity index (χ2v) is 6.53. The van der Waals surface area contributed by atoms with Crippen LogP contribution >= 0.6 is 0 Å². The van der Waals surface area contributed by atoms with Gasteiger partial charge in [0.2, 0.25) is 0 Å². The maximum absolute atomic E-state index is 9.37. The summed E-state index contributed by atoms with van der Waals surface area (Å²) in [5.74, 6) is 1.72. The second-order valence-electron chi connectivity index (χ2n) is 6.53. The van der Waals surface area contributed by atoms with Crippen LogP contribution in [0.15, 0.2) is 23.2 Å². The van der Waals surface area contributed by atoms with Crippen LogP contribution in [0.2, 0.25) is 0 Å². The first kappa shape index (κ1) is 21.3. The summed E-state index contributed by atoms with van der Waals surface area (Å²) in [5, 5.41) is 16.1. The minimum absolute atomic E-state index is 0.113. The maximum Gasteiger partial charge on any atom is 0.191 e. The van der Waals surface area contributed by atoms with E-state index in [2.05, 4.69) is 37.5 Å². The molecule has 0 aliphatic carbocycles. The van der Waals surface area contributed by atoms with E-state index < -0.39 is 0 Å². The van der Waals surface area contributed by atoms with Crippen molar-refractivity contribution in [2.24, 2.45) is 10.4 Å². The molecular formula is C20H35N3O2. The molecule has 0 amide bonds. The summed E-state index contributed by atoms with van der Waals surface area (Å²) in [6, 6.07) is 6.15. The van der Waals surface area contributed by atoms with Gasteiger partial charge in [0.25, 0.3) is 0 Å². The maximum atomic E-state index is 9.37. The summed E-state index contributed by atoms with van der Waals surface area (Å²) < 4.78 is 5.31. The number of aliphatic hydroxyl groups excluding tert-OH is 1. The Hall–Kier alpha value is -1.75. The van der Waals surface area contributed by atoms with Crippen molar-refractivity contribution in [2.75, 3.05) is 26.8 Å². The van der Waals surface area contributed by atoms with Crippen LogP contribution in [0.3, 0.4) is 0 Å². The summed E-state index contributed by atoms with van der Waals surface area (Å²) in [6.45, 7) is 11.0. The van der Waals surface area contributed by atoms with E-state index in [0.717, 1.165) is 55.2 Å². The van der Waals surface area contributed by atoms with Crippen molar-refractivity contribution in [1.29, 1.82) is 0 Å². The number of hydrogen-bond acceptors (Lipinski definition) is 3. The summed E-state index contributed by atoms with van der Waals surface area (Å²) in [4.78, 5) is 4.70. The number of guanidine groups is 1. The van der Waals surface area contributed by atoms with Gasteiger partial charge >= 0.3 is 0 Å². The number of aryl methyl sites for hydroxylation is 1. The fourth-order valence-electron chi connectivity index (χ4n) is 3.00. The van der Waals surface area contributed by atoms with Crippen molar-refractivity contribution in [1.82, 2.24) is 10.6 Å². The Kier molecular flexibility index (Phi) is 9.35. The van der Waals surface area contributed by atoms with Crippen molar-refractivity contribution >= 4 is 5.96 Å². The Morgan fingerprint density at radius 3 is 2.44 bits per heavy atom. The van der Waals surface area contributed by atoms with E-state index >= 15 is 0 Å². The third-order valence-electron chi connectivity index (χ3n) is 5.00. The summed E-state index contributed by atoms with van der Waals surface area (Å²) in [6.07, 6.45) is 2.88. The molecule has 3 N–H and O–H groups in total. The minimum atomic E-state index is 0.113. The molecule has 0 aliphatic rings. The van der Waals surface area contributed by atoms with Crippen LogP contribution in [-0.2, 0) is 6.54 Å². The van der Waals surface area contributed by atoms with E-state index in [1.807, 2.05) is 19.1 Å². The van der Waals surface area contributed by atoms with Gasteiger partial charge in [-0.05, 0) is 55.7 Å². The fraction of sp³-hybridized carbons (Fsp3) is 0.650. The molecular weight excluding hydrogens is 314 g/mol. The number of nitrogens with one attached hydrogen (secondary N) is 2. The van der Waals surface area contributed by atoms with Gasteiger partial charge in [-0.2, -0.15) is 0 Å². The third kappa shape index (κ3) is 6.58. The third-order valence-corrected chi connectivity index (χ3v) is 5.00. The average Bonchev–Trinajstić information content (AvgIpc) is 2.63. The van der Waals surface area contributed by atoms with Crippen LogP contribution in [-0.4, -0.2) is 37.9 Å². The smallest absolute Gasteiger partial charge is 0.191 e. The summed E-state index contributed by atoms with van der Waals surface area (Å²) in [7, 11) is 1.69. The molecule has 0 heterocycles. The molecule has 0 fully saturated rings. The molecule has 0 spiro atoms.